The first-order chi connectivity index (χ1) is 14.0. The number of hydrogen-bond acceptors (Lipinski definition) is 10. The van der Waals surface area contributed by atoms with Crippen LogP contribution in [-0.4, -0.2) is 70.6 Å². The van der Waals surface area contributed by atoms with Gasteiger partial charge in [-0.2, -0.15) is 0 Å². The standard InChI is InChI=1S/C17H18BrN5O4S2/c1-8-20-12(7-28-8)11-5-23(22-21-11)14-15(25)13(6-24)27-17(16(14)26)29-10-2-9(18)3-19-4-10/h2-5,7,13-17,24-26H,6H2,1H3/t13?,14-,15-,16?,17+/m0/s1. The Labute approximate surface area is 182 Å². The van der Waals surface area contributed by atoms with Crippen molar-refractivity contribution in [3.63, 3.8) is 0 Å². The number of aliphatic hydroxyl groups is 3. The van der Waals surface area contributed by atoms with Gasteiger partial charge in [0, 0.05) is 27.1 Å². The van der Waals surface area contributed by atoms with Gasteiger partial charge < -0.3 is 20.1 Å². The van der Waals surface area contributed by atoms with Gasteiger partial charge >= 0.3 is 0 Å². The Morgan fingerprint density at radius 2 is 2.10 bits per heavy atom. The van der Waals surface area contributed by atoms with Gasteiger partial charge in [0.1, 0.15) is 41.2 Å². The van der Waals surface area contributed by atoms with E-state index in [4.69, 9.17) is 4.74 Å². The molecule has 5 atom stereocenters. The Morgan fingerprint density at radius 1 is 1.28 bits per heavy atom. The first-order valence-corrected chi connectivity index (χ1v) is 11.3. The van der Waals surface area contributed by atoms with Gasteiger partial charge in [-0.3, -0.25) is 4.98 Å². The first kappa shape index (κ1) is 20.8. The third kappa shape index (κ3) is 4.38. The third-order valence-corrected chi connectivity index (χ3v) is 6.80. The second-order valence-electron chi connectivity index (χ2n) is 6.49. The number of hydrogen-bond donors (Lipinski definition) is 3. The first-order valence-electron chi connectivity index (χ1n) is 8.70. The summed E-state index contributed by atoms with van der Waals surface area (Å²) in [6.07, 6.45) is 1.78. The fraction of sp³-hybridized carbons (Fsp3) is 0.412. The lowest BCUT2D eigenvalue weighted by molar-refractivity contribution is -0.178. The van der Waals surface area contributed by atoms with Crippen LogP contribution in [0.1, 0.15) is 11.0 Å². The molecular weight excluding hydrogens is 482 g/mol. The van der Waals surface area contributed by atoms with Gasteiger partial charge in [-0.1, -0.05) is 17.0 Å². The topological polar surface area (TPSA) is 126 Å². The van der Waals surface area contributed by atoms with E-state index in [9.17, 15) is 15.3 Å². The number of thiazole rings is 1. The molecule has 0 bridgehead atoms. The van der Waals surface area contributed by atoms with Crippen molar-refractivity contribution in [3.05, 3.63) is 39.5 Å². The van der Waals surface area contributed by atoms with E-state index < -0.39 is 36.4 Å². The molecule has 0 aliphatic carbocycles. The maximum absolute atomic E-state index is 11.0. The lowest BCUT2D eigenvalue weighted by Crippen LogP contribution is -2.55. The number of aromatic nitrogens is 5. The number of pyridine rings is 1. The highest BCUT2D eigenvalue weighted by molar-refractivity contribution is 9.10. The van der Waals surface area contributed by atoms with E-state index in [0.717, 1.165) is 14.4 Å². The van der Waals surface area contributed by atoms with Gasteiger partial charge in [-0.25, -0.2) is 9.67 Å². The normalized spacial score (nSPS) is 27.3. The van der Waals surface area contributed by atoms with Crippen LogP contribution >= 0.6 is 39.0 Å². The molecular formula is C17H18BrN5O4S2. The SMILES string of the molecule is Cc1nc(-c2cn([C@@H]3C(O)[C@@H](Sc4cncc(Br)c4)OC(CO)[C@@H]3O)nn2)cs1. The van der Waals surface area contributed by atoms with Crippen molar-refractivity contribution in [3.8, 4) is 11.4 Å². The van der Waals surface area contributed by atoms with Crippen LogP contribution in [0.2, 0.25) is 0 Å². The van der Waals surface area contributed by atoms with Crippen LogP contribution < -0.4 is 0 Å². The quantitative estimate of drug-likeness (QED) is 0.479. The maximum Gasteiger partial charge on any atom is 0.136 e. The van der Waals surface area contributed by atoms with E-state index in [1.165, 1.54) is 27.8 Å². The summed E-state index contributed by atoms with van der Waals surface area (Å²) < 4.78 is 7.96. The predicted molar refractivity (Wildman–Crippen MR) is 110 cm³/mol. The largest absolute Gasteiger partial charge is 0.394 e. The Hall–Kier alpha value is -1.41. The summed E-state index contributed by atoms with van der Waals surface area (Å²) in [5, 5.41) is 42.3. The monoisotopic (exact) mass is 499 g/mol. The zero-order valence-electron chi connectivity index (χ0n) is 15.2. The smallest absolute Gasteiger partial charge is 0.136 e. The molecule has 1 saturated heterocycles. The number of halogens is 1. The molecule has 154 valence electrons. The van der Waals surface area contributed by atoms with E-state index >= 15 is 0 Å². The van der Waals surface area contributed by atoms with Crippen LogP contribution in [-0.2, 0) is 4.74 Å². The van der Waals surface area contributed by atoms with E-state index in [0.29, 0.717) is 11.4 Å². The Balaban J connectivity index is 1.61. The van der Waals surface area contributed by atoms with Gasteiger partial charge in [-0.05, 0) is 28.9 Å². The molecule has 1 aliphatic heterocycles. The minimum Gasteiger partial charge on any atom is -0.394 e. The Bertz CT molecular complexity index is 986. The lowest BCUT2D eigenvalue weighted by atomic mass is 9.97. The second-order valence-corrected chi connectivity index (χ2v) is 9.64. The second kappa shape index (κ2) is 8.76. The molecule has 3 aromatic heterocycles. The summed E-state index contributed by atoms with van der Waals surface area (Å²) in [6, 6.07) is 0.999. The summed E-state index contributed by atoms with van der Waals surface area (Å²) in [7, 11) is 0. The van der Waals surface area contributed by atoms with Gasteiger partial charge in [0.05, 0.1) is 17.8 Å². The molecule has 12 heteroatoms. The van der Waals surface area contributed by atoms with Crippen molar-refractivity contribution in [2.75, 3.05) is 6.61 Å². The fourth-order valence-corrected chi connectivity index (χ4v) is 5.30. The van der Waals surface area contributed by atoms with Crippen molar-refractivity contribution in [2.45, 2.75) is 41.6 Å². The van der Waals surface area contributed by atoms with Crippen molar-refractivity contribution in [1.82, 2.24) is 25.0 Å². The number of nitrogens with zero attached hydrogens (tertiary/aromatic N) is 5. The average Bonchev–Trinajstić information content (AvgIpc) is 3.33. The molecule has 2 unspecified atom stereocenters. The molecule has 9 nitrogen and oxygen atoms in total. The molecule has 0 amide bonds. The highest BCUT2D eigenvalue weighted by Crippen LogP contribution is 2.38. The number of ether oxygens (including phenoxy) is 1. The average molecular weight is 500 g/mol. The van der Waals surface area contributed by atoms with Crippen molar-refractivity contribution < 1.29 is 20.1 Å². The van der Waals surface area contributed by atoms with Crippen LogP contribution in [0, 0.1) is 6.92 Å². The van der Waals surface area contributed by atoms with Crippen molar-refractivity contribution >= 4 is 39.0 Å². The van der Waals surface area contributed by atoms with Gasteiger partial charge in [0.15, 0.2) is 0 Å². The highest BCUT2D eigenvalue weighted by atomic mass is 79.9. The van der Waals surface area contributed by atoms with Crippen LogP contribution in [0.15, 0.2) is 39.4 Å². The van der Waals surface area contributed by atoms with Crippen molar-refractivity contribution in [1.29, 1.82) is 0 Å². The van der Waals surface area contributed by atoms with Crippen LogP contribution in [0.3, 0.4) is 0 Å². The Kier molecular flexibility index (Phi) is 6.30. The summed E-state index contributed by atoms with van der Waals surface area (Å²) >= 11 is 6.12. The van der Waals surface area contributed by atoms with E-state index in [-0.39, 0.29) is 0 Å². The zero-order chi connectivity index (χ0) is 20.5. The molecule has 4 heterocycles. The summed E-state index contributed by atoms with van der Waals surface area (Å²) in [5.74, 6) is 0. The lowest BCUT2D eigenvalue weighted by Gasteiger charge is -2.41. The molecule has 1 aliphatic rings. The molecule has 1 fully saturated rings. The minimum atomic E-state index is -1.17. The van der Waals surface area contributed by atoms with E-state index in [1.54, 1.807) is 18.6 Å². The van der Waals surface area contributed by atoms with Crippen LogP contribution in [0.25, 0.3) is 11.4 Å². The molecule has 3 aromatic rings. The number of aryl methyl sites for hydroxylation is 1. The number of thioether (sulfide) groups is 1. The molecule has 4 rings (SSSR count). The summed E-state index contributed by atoms with van der Waals surface area (Å²) in [5.41, 5.74) is 0.478. The molecule has 0 saturated carbocycles. The predicted octanol–water partition coefficient (Wildman–Crippen LogP) is 1.64. The molecule has 0 aromatic carbocycles. The zero-order valence-corrected chi connectivity index (χ0v) is 18.4. The molecule has 3 N–H and O–H groups in total. The van der Waals surface area contributed by atoms with Crippen LogP contribution in [0.5, 0.6) is 0 Å². The van der Waals surface area contributed by atoms with Crippen LogP contribution in [0.4, 0.5) is 0 Å². The van der Waals surface area contributed by atoms with E-state index in [1.807, 2.05) is 18.4 Å². The fourth-order valence-electron chi connectivity index (χ4n) is 3.09. The van der Waals surface area contributed by atoms with Crippen molar-refractivity contribution in [2.24, 2.45) is 0 Å². The van der Waals surface area contributed by atoms with Gasteiger partial charge in [0.25, 0.3) is 0 Å². The highest BCUT2D eigenvalue weighted by Gasteiger charge is 2.46. The molecule has 0 spiro atoms. The number of rotatable bonds is 5. The third-order valence-electron chi connectivity index (χ3n) is 4.48. The maximum atomic E-state index is 11.0. The minimum absolute atomic E-state index is 0.398. The summed E-state index contributed by atoms with van der Waals surface area (Å²) in [6.45, 7) is 1.50. The number of aliphatic hydroxyl groups excluding tert-OH is 3. The van der Waals surface area contributed by atoms with Gasteiger partial charge in [0.2, 0.25) is 0 Å². The van der Waals surface area contributed by atoms with E-state index in [2.05, 4.69) is 36.2 Å². The van der Waals surface area contributed by atoms with Gasteiger partial charge in [-0.15, -0.1) is 16.4 Å². The molecule has 0 radical (unpaired) electrons. The molecule has 29 heavy (non-hydrogen) atoms. The Morgan fingerprint density at radius 3 is 2.79 bits per heavy atom. The summed E-state index contributed by atoms with van der Waals surface area (Å²) in [4.78, 5) is 9.26.